The van der Waals surface area contributed by atoms with Crippen molar-refractivity contribution in [2.24, 2.45) is 0 Å². The summed E-state index contributed by atoms with van der Waals surface area (Å²) in [6.45, 7) is 0. The molecule has 0 heterocycles. The Balaban J connectivity index is 3.40. The van der Waals surface area contributed by atoms with Crippen molar-refractivity contribution in [1.29, 1.82) is 5.26 Å². The Labute approximate surface area is 86.7 Å². The topological polar surface area (TPSA) is 49.8 Å². The van der Waals surface area contributed by atoms with Crippen LogP contribution in [0.4, 0.5) is 5.69 Å². The van der Waals surface area contributed by atoms with Crippen molar-refractivity contribution >= 4 is 44.2 Å². The third-order valence-corrected chi connectivity index (χ3v) is 3.04. The lowest BCUT2D eigenvalue weighted by Gasteiger charge is -2.01. The van der Waals surface area contributed by atoms with Crippen LogP contribution < -0.4 is 5.73 Å². The lowest BCUT2D eigenvalue weighted by atomic mass is 10.2. The van der Waals surface area contributed by atoms with E-state index < -0.39 is 0 Å². The minimum absolute atomic E-state index is 0.572. The molecular weight excluding hydrogens is 319 g/mol. The average Bonchev–Trinajstić information content (AvgIpc) is 2.01. The van der Waals surface area contributed by atoms with E-state index in [0.29, 0.717) is 15.7 Å². The number of anilines is 1. The van der Waals surface area contributed by atoms with E-state index in [9.17, 15) is 0 Å². The summed E-state index contributed by atoms with van der Waals surface area (Å²) in [5.41, 5.74) is 6.85. The van der Waals surface area contributed by atoms with Gasteiger partial charge in [-0.25, -0.2) is 0 Å². The molecular formula is C7H4BrIN2. The fraction of sp³-hybridized carbons (Fsp3) is 0. The molecule has 0 unspecified atom stereocenters. The van der Waals surface area contributed by atoms with Gasteiger partial charge in [-0.05, 0) is 50.7 Å². The second-order valence-electron chi connectivity index (χ2n) is 1.93. The molecule has 0 bridgehead atoms. The second-order valence-corrected chi connectivity index (χ2v) is 3.89. The Morgan fingerprint density at radius 2 is 2.18 bits per heavy atom. The number of halogens is 2. The van der Waals surface area contributed by atoms with E-state index in [0.717, 1.165) is 3.57 Å². The quantitative estimate of drug-likeness (QED) is 0.589. The lowest BCUT2D eigenvalue weighted by molar-refractivity contribution is 1.45. The van der Waals surface area contributed by atoms with Gasteiger partial charge in [0.25, 0.3) is 0 Å². The molecule has 1 aromatic rings. The maximum absolute atomic E-state index is 8.60. The summed E-state index contributed by atoms with van der Waals surface area (Å²) >= 11 is 5.36. The van der Waals surface area contributed by atoms with Gasteiger partial charge in [-0.15, -0.1) is 0 Å². The highest BCUT2D eigenvalue weighted by Crippen LogP contribution is 2.27. The molecule has 1 rings (SSSR count). The van der Waals surface area contributed by atoms with Gasteiger partial charge >= 0.3 is 0 Å². The third-order valence-electron chi connectivity index (χ3n) is 1.25. The van der Waals surface area contributed by atoms with Crippen molar-refractivity contribution in [3.63, 3.8) is 0 Å². The zero-order valence-corrected chi connectivity index (χ0v) is 9.18. The molecule has 0 aliphatic rings. The van der Waals surface area contributed by atoms with Gasteiger partial charge in [0.2, 0.25) is 0 Å². The number of rotatable bonds is 0. The molecule has 0 amide bonds. The van der Waals surface area contributed by atoms with E-state index in [1.54, 1.807) is 6.07 Å². The molecule has 0 aromatic heterocycles. The van der Waals surface area contributed by atoms with Gasteiger partial charge in [0, 0.05) is 3.57 Å². The van der Waals surface area contributed by atoms with E-state index in [2.05, 4.69) is 38.5 Å². The average molecular weight is 323 g/mol. The molecule has 0 aliphatic heterocycles. The first-order chi connectivity index (χ1) is 5.16. The molecule has 0 aliphatic carbocycles. The number of nitrogens with two attached hydrogens (primary N) is 1. The minimum atomic E-state index is 0.572. The number of hydrogen-bond acceptors (Lipinski definition) is 2. The van der Waals surface area contributed by atoms with Crippen molar-refractivity contribution in [1.82, 2.24) is 0 Å². The summed E-state index contributed by atoms with van der Waals surface area (Å²) in [6, 6.07) is 5.59. The molecule has 0 fully saturated rings. The Hall–Kier alpha value is -0.280. The van der Waals surface area contributed by atoms with Gasteiger partial charge in [0.15, 0.2) is 0 Å². The molecule has 0 spiro atoms. The number of nitrogens with zero attached hydrogens (tertiary/aromatic N) is 1. The standard InChI is InChI=1S/C7H4BrIN2/c8-6-4(3-10)1-2-5(9)7(6)11/h1-2H,11H2. The van der Waals surface area contributed by atoms with E-state index in [1.807, 2.05) is 12.1 Å². The molecule has 4 heteroatoms. The second kappa shape index (κ2) is 3.41. The maximum atomic E-state index is 8.60. The summed E-state index contributed by atoms with van der Waals surface area (Å²) in [5.74, 6) is 0. The van der Waals surface area contributed by atoms with Gasteiger partial charge in [-0.2, -0.15) is 5.26 Å². The van der Waals surface area contributed by atoms with E-state index >= 15 is 0 Å². The zero-order valence-electron chi connectivity index (χ0n) is 5.44. The van der Waals surface area contributed by atoms with Crippen LogP contribution in [0.25, 0.3) is 0 Å². The highest BCUT2D eigenvalue weighted by Gasteiger charge is 2.04. The largest absolute Gasteiger partial charge is 0.397 e. The van der Waals surface area contributed by atoms with Gasteiger partial charge < -0.3 is 5.73 Å². The lowest BCUT2D eigenvalue weighted by Crippen LogP contribution is -1.92. The van der Waals surface area contributed by atoms with Crippen molar-refractivity contribution in [3.8, 4) is 6.07 Å². The fourth-order valence-corrected chi connectivity index (χ4v) is 1.91. The van der Waals surface area contributed by atoms with Crippen LogP contribution in [0.2, 0.25) is 0 Å². The molecule has 1 aromatic carbocycles. The van der Waals surface area contributed by atoms with Gasteiger partial charge in [0.05, 0.1) is 15.7 Å². The van der Waals surface area contributed by atoms with Crippen LogP contribution in [0.3, 0.4) is 0 Å². The third kappa shape index (κ3) is 1.65. The normalized spacial score (nSPS) is 9.18. The first-order valence-corrected chi connectivity index (χ1v) is 4.67. The summed E-state index contributed by atoms with van der Waals surface area (Å²) in [7, 11) is 0. The Kier molecular flexibility index (Phi) is 2.73. The van der Waals surface area contributed by atoms with Crippen LogP contribution in [-0.2, 0) is 0 Å². The Morgan fingerprint density at radius 3 is 2.73 bits per heavy atom. The molecule has 2 N–H and O–H groups in total. The molecule has 0 saturated carbocycles. The zero-order chi connectivity index (χ0) is 8.43. The summed E-state index contributed by atoms with van der Waals surface area (Å²) in [4.78, 5) is 0. The van der Waals surface area contributed by atoms with Crippen molar-refractivity contribution in [2.75, 3.05) is 5.73 Å². The van der Waals surface area contributed by atoms with Crippen LogP contribution in [0, 0.1) is 14.9 Å². The molecule has 2 nitrogen and oxygen atoms in total. The summed E-state index contributed by atoms with van der Waals surface area (Å²) in [6.07, 6.45) is 0. The van der Waals surface area contributed by atoms with Crippen molar-refractivity contribution < 1.29 is 0 Å². The predicted octanol–water partition coefficient (Wildman–Crippen LogP) is 2.51. The first kappa shape index (κ1) is 8.81. The van der Waals surface area contributed by atoms with E-state index in [-0.39, 0.29) is 0 Å². The predicted molar refractivity (Wildman–Crippen MR) is 56.0 cm³/mol. The molecule has 0 saturated heterocycles. The molecule has 0 radical (unpaired) electrons. The van der Waals surface area contributed by atoms with Crippen LogP contribution in [0.5, 0.6) is 0 Å². The van der Waals surface area contributed by atoms with Crippen LogP contribution in [0.15, 0.2) is 16.6 Å². The summed E-state index contributed by atoms with van der Waals surface area (Å²) < 4.78 is 1.64. The minimum Gasteiger partial charge on any atom is -0.397 e. The monoisotopic (exact) mass is 322 g/mol. The Morgan fingerprint density at radius 1 is 1.55 bits per heavy atom. The molecule has 0 atom stereocenters. The number of hydrogen-bond donors (Lipinski definition) is 1. The first-order valence-electron chi connectivity index (χ1n) is 2.80. The van der Waals surface area contributed by atoms with E-state index in [1.165, 1.54) is 0 Å². The van der Waals surface area contributed by atoms with Crippen molar-refractivity contribution in [3.05, 3.63) is 25.7 Å². The SMILES string of the molecule is N#Cc1ccc(I)c(N)c1Br. The highest BCUT2D eigenvalue weighted by atomic mass is 127. The van der Waals surface area contributed by atoms with Gasteiger partial charge in [-0.3, -0.25) is 0 Å². The van der Waals surface area contributed by atoms with Crippen LogP contribution >= 0.6 is 38.5 Å². The maximum Gasteiger partial charge on any atom is 0.100 e. The highest BCUT2D eigenvalue weighted by molar-refractivity contribution is 14.1. The van der Waals surface area contributed by atoms with Gasteiger partial charge in [-0.1, -0.05) is 0 Å². The van der Waals surface area contributed by atoms with Crippen molar-refractivity contribution in [2.45, 2.75) is 0 Å². The molecule has 56 valence electrons. The fourth-order valence-electron chi connectivity index (χ4n) is 0.656. The number of nitriles is 1. The summed E-state index contributed by atoms with van der Waals surface area (Å²) in [5, 5.41) is 8.60. The molecule has 11 heavy (non-hydrogen) atoms. The smallest absolute Gasteiger partial charge is 0.100 e. The van der Waals surface area contributed by atoms with Crippen LogP contribution in [0.1, 0.15) is 5.56 Å². The van der Waals surface area contributed by atoms with E-state index in [4.69, 9.17) is 11.0 Å². The van der Waals surface area contributed by atoms with Crippen LogP contribution in [-0.4, -0.2) is 0 Å². The number of benzene rings is 1. The van der Waals surface area contributed by atoms with Gasteiger partial charge in [0.1, 0.15) is 6.07 Å². The number of nitrogen functional groups attached to an aromatic ring is 1. The Bertz CT molecular complexity index is 330.